The van der Waals surface area contributed by atoms with Gasteiger partial charge in [0.05, 0.1) is 22.9 Å². The van der Waals surface area contributed by atoms with Crippen molar-refractivity contribution in [2.24, 2.45) is 5.73 Å². The highest BCUT2D eigenvalue weighted by atomic mass is 32.2. The molecule has 1 heterocycles. The van der Waals surface area contributed by atoms with Crippen molar-refractivity contribution in [2.45, 2.75) is 26.3 Å². The van der Waals surface area contributed by atoms with E-state index in [1.54, 1.807) is 36.4 Å². The van der Waals surface area contributed by atoms with Gasteiger partial charge >= 0.3 is 4.87 Å². The summed E-state index contributed by atoms with van der Waals surface area (Å²) < 4.78 is 27.4. The Morgan fingerprint density at radius 1 is 1.19 bits per heavy atom. The molecule has 1 aromatic heterocycles. The van der Waals surface area contributed by atoms with E-state index in [0.717, 1.165) is 17.8 Å². The standard InChI is InChI=1S/C21H23N3O5S2/c1-2-3-11-31(28,29)24(17-6-4-5-16(12-17)19(22)25)13-14-7-9-15(10-8-14)18-20(26)23-21(27)30-18/h4-10,12,26H,2-3,11,13H2,1H3,(H2,22,25)(H,23,27). The third kappa shape index (κ3) is 5.33. The summed E-state index contributed by atoms with van der Waals surface area (Å²) in [5, 5.41) is 9.84. The Kier molecular flexibility index (Phi) is 6.81. The van der Waals surface area contributed by atoms with Gasteiger partial charge in [-0.25, -0.2) is 8.42 Å². The fourth-order valence-electron chi connectivity index (χ4n) is 3.04. The lowest BCUT2D eigenvalue weighted by Gasteiger charge is -2.25. The van der Waals surface area contributed by atoms with E-state index >= 15 is 0 Å². The number of anilines is 1. The van der Waals surface area contributed by atoms with Gasteiger partial charge in [-0.3, -0.25) is 18.9 Å². The number of primary amides is 1. The van der Waals surface area contributed by atoms with Crippen LogP contribution in [0.4, 0.5) is 5.69 Å². The lowest BCUT2D eigenvalue weighted by atomic mass is 10.1. The van der Waals surface area contributed by atoms with Crippen LogP contribution in [0.15, 0.2) is 53.3 Å². The largest absolute Gasteiger partial charge is 0.493 e. The molecule has 3 aromatic rings. The second-order valence-corrected chi connectivity index (χ2v) is 9.98. The van der Waals surface area contributed by atoms with Gasteiger partial charge in [0.1, 0.15) is 0 Å². The Bertz CT molecular complexity index is 1230. The van der Waals surface area contributed by atoms with E-state index in [9.17, 15) is 23.1 Å². The number of benzene rings is 2. The number of amides is 1. The van der Waals surface area contributed by atoms with Gasteiger partial charge in [-0.15, -0.1) is 0 Å². The number of H-pyrrole nitrogens is 1. The highest BCUT2D eigenvalue weighted by Crippen LogP contribution is 2.30. The number of rotatable bonds is 9. The molecule has 2 aromatic carbocycles. The van der Waals surface area contributed by atoms with E-state index in [2.05, 4.69) is 4.98 Å². The summed E-state index contributed by atoms with van der Waals surface area (Å²) in [7, 11) is -3.65. The molecule has 10 heteroatoms. The predicted molar refractivity (Wildman–Crippen MR) is 122 cm³/mol. The van der Waals surface area contributed by atoms with E-state index in [1.165, 1.54) is 16.4 Å². The average Bonchev–Trinajstić information content (AvgIpc) is 3.08. The van der Waals surface area contributed by atoms with Crippen LogP contribution in [0, 0.1) is 0 Å². The predicted octanol–water partition coefficient (Wildman–Crippen LogP) is 3.04. The van der Waals surface area contributed by atoms with Crippen LogP contribution in [-0.4, -0.2) is 30.2 Å². The Hall–Kier alpha value is -3.11. The minimum absolute atomic E-state index is 0.0203. The number of aromatic hydroxyl groups is 1. The number of aromatic nitrogens is 1. The molecular weight excluding hydrogens is 438 g/mol. The van der Waals surface area contributed by atoms with Crippen molar-refractivity contribution in [3.05, 3.63) is 69.3 Å². The van der Waals surface area contributed by atoms with E-state index < -0.39 is 15.9 Å². The number of hydrogen-bond acceptors (Lipinski definition) is 6. The number of aromatic amines is 1. The van der Waals surface area contributed by atoms with Crippen molar-refractivity contribution >= 4 is 33.0 Å². The molecule has 0 fully saturated rings. The quantitative estimate of drug-likeness (QED) is 0.450. The molecular formula is C21H23N3O5S2. The molecule has 0 radical (unpaired) electrons. The third-order valence-corrected chi connectivity index (χ3v) is 7.42. The number of hydrogen-bond donors (Lipinski definition) is 3. The number of nitrogens with two attached hydrogens (primary N) is 1. The minimum Gasteiger partial charge on any atom is -0.493 e. The average molecular weight is 462 g/mol. The van der Waals surface area contributed by atoms with Gasteiger partial charge in [0.2, 0.25) is 21.8 Å². The molecule has 8 nitrogen and oxygen atoms in total. The number of nitrogens with zero attached hydrogens (tertiary/aromatic N) is 1. The zero-order valence-electron chi connectivity index (χ0n) is 16.9. The normalized spacial score (nSPS) is 11.4. The van der Waals surface area contributed by atoms with Crippen LogP contribution >= 0.6 is 11.3 Å². The number of sulfonamides is 1. The maximum absolute atomic E-state index is 13.1. The maximum atomic E-state index is 13.1. The monoisotopic (exact) mass is 461 g/mol. The van der Waals surface area contributed by atoms with Gasteiger partial charge in [0.15, 0.2) is 0 Å². The molecule has 0 saturated heterocycles. The van der Waals surface area contributed by atoms with Crippen molar-refractivity contribution in [3.63, 3.8) is 0 Å². The molecule has 164 valence electrons. The van der Waals surface area contributed by atoms with Crippen LogP contribution in [-0.2, 0) is 16.6 Å². The Morgan fingerprint density at radius 2 is 1.90 bits per heavy atom. The van der Waals surface area contributed by atoms with Crippen molar-refractivity contribution in [1.29, 1.82) is 0 Å². The fraction of sp³-hybridized carbons (Fsp3) is 0.238. The van der Waals surface area contributed by atoms with Crippen molar-refractivity contribution in [2.75, 3.05) is 10.1 Å². The van der Waals surface area contributed by atoms with Crippen LogP contribution in [0.2, 0.25) is 0 Å². The van der Waals surface area contributed by atoms with Gasteiger partial charge in [-0.05, 0) is 35.7 Å². The second kappa shape index (κ2) is 9.36. The van der Waals surface area contributed by atoms with E-state index in [-0.39, 0.29) is 28.6 Å². The van der Waals surface area contributed by atoms with Gasteiger partial charge in [-0.1, -0.05) is 55.0 Å². The molecule has 0 aliphatic rings. The molecule has 0 aliphatic carbocycles. The lowest BCUT2D eigenvalue weighted by Crippen LogP contribution is -2.32. The summed E-state index contributed by atoms with van der Waals surface area (Å²) in [6.07, 6.45) is 1.24. The zero-order valence-corrected chi connectivity index (χ0v) is 18.5. The van der Waals surface area contributed by atoms with E-state index in [1.807, 2.05) is 6.92 Å². The Balaban J connectivity index is 1.95. The maximum Gasteiger partial charge on any atom is 0.307 e. The first kappa shape index (κ1) is 22.6. The van der Waals surface area contributed by atoms with Crippen LogP contribution < -0.4 is 14.9 Å². The van der Waals surface area contributed by atoms with Crippen LogP contribution in [0.25, 0.3) is 10.4 Å². The summed E-state index contributed by atoms with van der Waals surface area (Å²) in [5.74, 6) is -0.856. The van der Waals surface area contributed by atoms with Gasteiger partial charge in [0.25, 0.3) is 0 Å². The molecule has 0 spiro atoms. The van der Waals surface area contributed by atoms with Crippen LogP contribution in [0.1, 0.15) is 35.7 Å². The molecule has 0 saturated carbocycles. The van der Waals surface area contributed by atoms with Gasteiger partial charge in [-0.2, -0.15) is 0 Å². The number of thiazole rings is 1. The number of unbranched alkanes of at least 4 members (excludes halogenated alkanes) is 1. The summed E-state index contributed by atoms with van der Waals surface area (Å²) in [6.45, 7) is 1.97. The number of nitrogens with one attached hydrogen (secondary N) is 1. The Morgan fingerprint density at radius 3 is 2.48 bits per heavy atom. The third-order valence-electron chi connectivity index (χ3n) is 4.68. The fourth-order valence-corrected chi connectivity index (χ4v) is 5.43. The van der Waals surface area contributed by atoms with Crippen molar-refractivity contribution in [3.8, 4) is 16.3 Å². The molecule has 0 aliphatic heterocycles. The first-order chi connectivity index (χ1) is 14.7. The molecule has 31 heavy (non-hydrogen) atoms. The lowest BCUT2D eigenvalue weighted by molar-refractivity contribution is 0.100. The number of carbonyl (C=O) groups excluding carboxylic acids is 1. The van der Waals surface area contributed by atoms with E-state index in [4.69, 9.17) is 5.73 Å². The first-order valence-electron chi connectivity index (χ1n) is 9.63. The Labute approximate surface area is 184 Å². The van der Waals surface area contributed by atoms with Crippen molar-refractivity contribution in [1.82, 2.24) is 4.98 Å². The molecule has 0 bridgehead atoms. The van der Waals surface area contributed by atoms with Crippen molar-refractivity contribution < 1.29 is 18.3 Å². The van der Waals surface area contributed by atoms with Crippen LogP contribution in [0.3, 0.4) is 0 Å². The molecule has 4 N–H and O–H groups in total. The molecule has 1 amide bonds. The molecule has 3 rings (SSSR count). The second-order valence-electron chi connectivity index (χ2n) is 6.98. The first-order valence-corrected chi connectivity index (χ1v) is 12.1. The highest BCUT2D eigenvalue weighted by Gasteiger charge is 2.23. The topological polar surface area (TPSA) is 134 Å². The summed E-state index contributed by atoms with van der Waals surface area (Å²) >= 11 is 0.891. The smallest absolute Gasteiger partial charge is 0.307 e. The summed E-state index contributed by atoms with van der Waals surface area (Å²) in [5.41, 5.74) is 7.29. The molecule has 0 atom stereocenters. The SMILES string of the molecule is CCCCS(=O)(=O)N(Cc1ccc(-c2sc(=O)[nH]c2O)cc1)c1cccc(C(N)=O)c1. The summed E-state index contributed by atoms with van der Waals surface area (Å²) in [6, 6.07) is 13.1. The minimum atomic E-state index is -3.65. The van der Waals surface area contributed by atoms with Crippen LogP contribution in [0.5, 0.6) is 5.88 Å². The van der Waals surface area contributed by atoms with Gasteiger partial charge in [0, 0.05) is 5.56 Å². The van der Waals surface area contributed by atoms with E-state index in [0.29, 0.717) is 28.1 Å². The molecule has 0 unspecified atom stereocenters. The van der Waals surface area contributed by atoms with Gasteiger partial charge < -0.3 is 10.8 Å². The zero-order chi connectivity index (χ0) is 22.6. The highest BCUT2D eigenvalue weighted by molar-refractivity contribution is 7.92. The summed E-state index contributed by atoms with van der Waals surface area (Å²) in [4.78, 5) is 25.4. The number of carbonyl (C=O) groups is 1.